The zero-order valence-electron chi connectivity index (χ0n) is 11.1. The lowest BCUT2D eigenvalue weighted by molar-refractivity contribution is 0.0985. The lowest BCUT2D eigenvalue weighted by Gasteiger charge is -2.29. The molecule has 0 saturated heterocycles. The lowest BCUT2D eigenvalue weighted by atomic mass is 10.0. The van der Waals surface area contributed by atoms with Crippen LogP contribution in [0.15, 0.2) is 24.3 Å². The minimum Gasteiger partial charge on any atom is -0.393 e. The molecular formula is C15H22FNO. The smallest absolute Gasteiger partial charge is 0.127 e. The van der Waals surface area contributed by atoms with E-state index in [1.54, 1.807) is 6.07 Å². The zero-order valence-corrected chi connectivity index (χ0v) is 11.1. The van der Waals surface area contributed by atoms with Crippen molar-refractivity contribution in [3.8, 4) is 0 Å². The van der Waals surface area contributed by atoms with E-state index in [0.29, 0.717) is 5.92 Å². The molecule has 1 saturated carbocycles. The van der Waals surface area contributed by atoms with Crippen LogP contribution in [0, 0.1) is 11.7 Å². The predicted octanol–water partition coefficient (Wildman–Crippen LogP) is 2.98. The minimum absolute atomic E-state index is 0.0407. The van der Waals surface area contributed by atoms with Crippen LogP contribution in [0.5, 0.6) is 0 Å². The molecule has 0 bridgehead atoms. The maximum atomic E-state index is 13.7. The Morgan fingerprint density at radius 1 is 1.39 bits per heavy atom. The standard InChI is InChI=1S/C15H22FNO/c1-11(13-7-3-4-8-14(13)16)17(2)10-12-6-5-9-15(12)18/h3-4,7-8,11-12,15,18H,5-6,9-10H2,1-2H3. The van der Waals surface area contributed by atoms with Crippen LogP contribution in [-0.2, 0) is 0 Å². The number of aliphatic hydroxyl groups excluding tert-OH is 1. The summed E-state index contributed by atoms with van der Waals surface area (Å²) in [6, 6.07) is 6.96. The van der Waals surface area contributed by atoms with E-state index in [0.717, 1.165) is 31.4 Å². The Hall–Kier alpha value is -0.930. The number of hydrogen-bond acceptors (Lipinski definition) is 2. The molecule has 1 aromatic carbocycles. The summed E-state index contributed by atoms with van der Waals surface area (Å²) in [5, 5.41) is 9.84. The molecule has 100 valence electrons. The Balaban J connectivity index is 2.00. The van der Waals surface area contributed by atoms with Crippen molar-refractivity contribution in [2.75, 3.05) is 13.6 Å². The van der Waals surface area contributed by atoms with Gasteiger partial charge in [-0.05, 0) is 38.8 Å². The van der Waals surface area contributed by atoms with Crippen LogP contribution in [0.2, 0.25) is 0 Å². The SMILES string of the molecule is CC(c1ccccc1F)N(C)CC1CCCC1O. The van der Waals surface area contributed by atoms with Gasteiger partial charge in [-0.15, -0.1) is 0 Å². The fourth-order valence-corrected chi connectivity index (χ4v) is 2.81. The van der Waals surface area contributed by atoms with Crippen LogP contribution in [0.1, 0.15) is 37.8 Å². The second-order valence-corrected chi connectivity index (χ2v) is 5.40. The third-order valence-electron chi connectivity index (χ3n) is 4.16. The molecule has 1 aliphatic rings. The summed E-state index contributed by atoms with van der Waals surface area (Å²) in [7, 11) is 2.00. The summed E-state index contributed by atoms with van der Waals surface area (Å²) >= 11 is 0. The van der Waals surface area contributed by atoms with Gasteiger partial charge in [0.1, 0.15) is 5.82 Å². The molecule has 0 radical (unpaired) electrons. The first-order chi connectivity index (χ1) is 8.59. The first-order valence-corrected chi connectivity index (χ1v) is 6.72. The van der Waals surface area contributed by atoms with Crippen LogP contribution in [0.3, 0.4) is 0 Å². The van der Waals surface area contributed by atoms with Crippen molar-refractivity contribution in [3.05, 3.63) is 35.6 Å². The Morgan fingerprint density at radius 2 is 2.11 bits per heavy atom. The molecule has 0 aliphatic heterocycles. The maximum Gasteiger partial charge on any atom is 0.127 e. The van der Waals surface area contributed by atoms with Crippen molar-refractivity contribution in [1.29, 1.82) is 0 Å². The van der Waals surface area contributed by atoms with Gasteiger partial charge in [0.05, 0.1) is 6.10 Å². The molecule has 3 heteroatoms. The van der Waals surface area contributed by atoms with Crippen LogP contribution in [-0.4, -0.2) is 29.7 Å². The van der Waals surface area contributed by atoms with E-state index >= 15 is 0 Å². The first kappa shape index (κ1) is 13.5. The van der Waals surface area contributed by atoms with E-state index in [4.69, 9.17) is 0 Å². The summed E-state index contributed by atoms with van der Waals surface area (Å²) in [6.45, 7) is 2.84. The average molecular weight is 251 g/mol. The predicted molar refractivity (Wildman–Crippen MR) is 70.8 cm³/mol. The maximum absolute atomic E-state index is 13.7. The molecular weight excluding hydrogens is 229 g/mol. The van der Waals surface area contributed by atoms with Crippen LogP contribution >= 0.6 is 0 Å². The number of aliphatic hydroxyl groups is 1. The molecule has 0 aromatic heterocycles. The fraction of sp³-hybridized carbons (Fsp3) is 0.600. The molecule has 1 aromatic rings. The zero-order chi connectivity index (χ0) is 13.1. The van der Waals surface area contributed by atoms with Gasteiger partial charge in [0.25, 0.3) is 0 Å². The molecule has 0 heterocycles. The van der Waals surface area contributed by atoms with Crippen molar-refractivity contribution < 1.29 is 9.50 Å². The van der Waals surface area contributed by atoms with Crippen LogP contribution in [0.25, 0.3) is 0 Å². The van der Waals surface area contributed by atoms with E-state index in [1.165, 1.54) is 6.07 Å². The summed E-state index contributed by atoms with van der Waals surface area (Å²) in [5.41, 5.74) is 0.729. The normalized spacial score (nSPS) is 25.6. The van der Waals surface area contributed by atoms with Gasteiger partial charge in [0.15, 0.2) is 0 Å². The highest BCUT2D eigenvalue weighted by molar-refractivity contribution is 5.20. The Bertz CT molecular complexity index is 396. The van der Waals surface area contributed by atoms with Gasteiger partial charge in [-0.2, -0.15) is 0 Å². The van der Waals surface area contributed by atoms with Crippen LogP contribution < -0.4 is 0 Å². The molecule has 1 N–H and O–H groups in total. The third-order valence-corrected chi connectivity index (χ3v) is 4.16. The molecule has 0 spiro atoms. The third kappa shape index (κ3) is 2.90. The van der Waals surface area contributed by atoms with Crippen molar-refractivity contribution in [2.45, 2.75) is 38.3 Å². The molecule has 18 heavy (non-hydrogen) atoms. The van der Waals surface area contributed by atoms with Crippen molar-refractivity contribution >= 4 is 0 Å². The number of rotatable bonds is 4. The molecule has 1 fully saturated rings. The monoisotopic (exact) mass is 251 g/mol. The number of hydrogen-bond donors (Lipinski definition) is 1. The number of nitrogens with zero attached hydrogens (tertiary/aromatic N) is 1. The Morgan fingerprint density at radius 3 is 2.72 bits per heavy atom. The molecule has 3 unspecified atom stereocenters. The highest BCUT2D eigenvalue weighted by Crippen LogP contribution is 2.29. The molecule has 3 atom stereocenters. The van der Waals surface area contributed by atoms with Crippen LogP contribution in [0.4, 0.5) is 4.39 Å². The molecule has 1 aliphatic carbocycles. The van der Waals surface area contributed by atoms with E-state index in [1.807, 2.05) is 26.1 Å². The first-order valence-electron chi connectivity index (χ1n) is 6.72. The van der Waals surface area contributed by atoms with Crippen molar-refractivity contribution in [1.82, 2.24) is 4.90 Å². The van der Waals surface area contributed by atoms with Gasteiger partial charge in [0, 0.05) is 18.2 Å². The second kappa shape index (κ2) is 5.81. The summed E-state index contributed by atoms with van der Waals surface area (Å²) in [4.78, 5) is 2.14. The highest BCUT2D eigenvalue weighted by atomic mass is 19.1. The molecule has 0 amide bonds. The van der Waals surface area contributed by atoms with Gasteiger partial charge in [0.2, 0.25) is 0 Å². The Kier molecular flexibility index (Phi) is 4.36. The van der Waals surface area contributed by atoms with E-state index in [-0.39, 0.29) is 18.0 Å². The van der Waals surface area contributed by atoms with Gasteiger partial charge < -0.3 is 5.11 Å². The molecule has 2 nitrogen and oxygen atoms in total. The highest BCUT2D eigenvalue weighted by Gasteiger charge is 2.27. The van der Waals surface area contributed by atoms with Crippen molar-refractivity contribution in [2.24, 2.45) is 5.92 Å². The minimum atomic E-state index is -0.180. The molecule has 2 rings (SSSR count). The summed E-state index contributed by atoms with van der Waals surface area (Å²) in [5.74, 6) is 0.188. The number of halogens is 1. The van der Waals surface area contributed by atoms with E-state index < -0.39 is 0 Å². The average Bonchev–Trinajstić information content (AvgIpc) is 2.75. The van der Waals surface area contributed by atoms with Gasteiger partial charge in [-0.3, -0.25) is 4.90 Å². The number of benzene rings is 1. The summed E-state index contributed by atoms with van der Waals surface area (Å²) < 4.78 is 13.7. The van der Waals surface area contributed by atoms with Gasteiger partial charge in [-0.1, -0.05) is 24.6 Å². The fourth-order valence-electron chi connectivity index (χ4n) is 2.81. The quantitative estimate of drug-likeness (QED) is 0.889. The van der Waals surface area contributed by atoms with E-state index in [9.17, 15) is 9.50 Å². The van der Waals surface area contributed by atoms with Gasteiger partial charge in [-0.25, -0.2) is 4.39 Å². The van der Waals surface area contributed by atoms with E-state index in [2.05, 4.69) is 4.90 Å². The largest absolute Gasteiger partial charge is 0.393 e. The topological polar surface area (TPSA) is 23.5 Å². The van der Waals surface area contributed by atoms with Gasteiger partial charge >= 0.3 is 0 Å². The second-order valence-electron chi connectivity index (χ2n) is 5.40. The van der Waals surface area contributed by atoms with Crippen molar-refractivity contribution in [3.63, 3.8) is 0 Å². The summed E-state index contributed by atoms with van der Waals surface area (Å²) in [6.07, 6.45) is 2.91. The lowest BCUT2D eigenvalue weighted by Crippen LogP contribution is -2.32. The Labute approximate surface area is 108 Å².